The van der Waals surface area contributed by atoms with Gasteiger partial charge in [0.2, 0.25) is 0 Å². The molecule has 0 unspecified atom stereocenters. The summed E-state index contributed by atoms with van der Waals surface area (Å²) in [6.07, 6.45) is 0. The molecule has 2 heterocycles. The van der Waals surface area contributed by atoms with Gasteiger partial charge >= 0.3 is 0 Å². The molecule has 4 rings (SSSR count). The number of halogens is 1. The molecule has 0 saturated heterocycles. The maximum absolute atomic E-state index is 12.7. The number of nitrogens with zero attached hydrogens (tertiary/aromatic N) is 5. The van der Waals surface area contributed by atoms with Crippen molar-refractivity contribution in [3.05, 3.63) is 70.3 Å². The molecule has 1 N–H and O–H groups in total. The maximum atomic E-state index is 12.7. The largest absolute Gasteiger partial charge is 0.486 e. The third kappa shape index (κ3) is 5.07. The molecule has 4 aromatic rings. The number of anilines is 1. The van der Waals surface area contributed by atoms with Crippen molar-refractivity contribution >= 4 is 34.0 Å². The van der Waals surface area contributed by atoms with Crippen LogP contribution in [0.15, 0.2) is 53.9 Å². The summed E-state index contributed by atoms with van der Waals surface area (Å²) in [5.74, 6) is 0.892. The van der Waals surface area contributed by atoms with Crippen molar-refractivity contribution in [2.75, 3.05) is 5.32 Å². The molecule has 0 fully saturated rings. The van der Waals surface area contributed by atoms with Gasteiger partial charge in [-0.05, 0) is 54.6 Å². The summed E-state index contributed by atoms with van der Waals surface area (Å²) in [5, 5.41) is 17.5. The van der Waals surface area contributed by atoms with Gasteiger partial charge in [-0.1, -0.05) is 29.8 Å². The topological polar surface area (TPSA) is 94.8 Å². The number of carbonyl (C=O) groups is 1. The van der Waals surface area contributed by atoms with E-state index in [0.29, 0.717) is 27.3 Å². The number of carbonyl (C=O) groups excluding carboxylic acids is 1. The van der Waals surface area contributed by atoms with Gasteiger partial charge < -0.3 is 4.74 Å². The predicted molar refractivity (Wildman–Crippen MR) is 119 cm³/mol. The van der Waals surface area contributed by atoms with E-state index in [1.807, 2.05) is 31.4 Å². The fourth-order valence-electron chi connectivity index (χ4n) is 2.84. The monoisotopic (exact) mass is 454 g/mol. The zero-order valence-electron chi connectivity index (χ0n) is 16.8. The number of hydrogen-bond acceptors (Lipinski definition) is 7. The van der Waals surface area contributed by atoms with Gasteiger partial charge in [0.1, 0.15) is 12.4 Å². The number of amides is 1. The molecule has 158 valence electrons. The Morgan fingerprint density at radius 2 is 2.03 bits per heavy atom. The highest BCUT2D eigenvalue weighted by molar-refractivity contribution is 7.14. The fourth-order valence-corrected chi connectivity index (χ4v) is 3.68. The van der Waals surface area contributed by atoms with E-state index < -0.39 is 0 Å². The first kappa shape index (κ1) is 21.0. The van der Waals surface area contributed by atoms with Gasteiger partial charge in [0, 0.05) is 21.5 Å². The van der Waals surface area contributed by atoms with Gasteiger partial charge in [0.25, 0.3) is 5.91 Å². The predicted octanol–water partition coefficient (Wildman–Crippen LogP) is 4.86. The summed E-state index contributed by atoms with van der Waals surface area (Å²) in [4.78, 5) is 17.2. The zero-order valence-corrected chi connectivity index (χ0v) is 18.4. The number of thiazole rings is 1. The number of benzene rings is 2. The Balaban J connectivity index is 1.41. The number of hydrogen-bond donors (Lipinski definition) is 1. The first-order valence-electron chi connectivity index (χ1n) is 9.52. The van der Waals surface area contributed by atoms with E-state index in [9.17, 15) is 4.79 Å². The number of tetrazole rings is 1. The van der Waals surface area contributed by atoms with Crippen LogP contribution in [0.3, 0.4) is 0 Å². The summed E-state index contributed by atoms with van der Waals surface area (Å²) in [7, 11) is 0. The number of aromatic nitrogens is 5. The van der Waals surface area contributed by atoms with Crippen molar-refractivity contribution in [1.29, 1.82) is 0 Å². The van der Waals surface area contributed by atoms with Crippen LogP contribution in [0.1, 0.15) is 36.1 Å². The maximum Gasteiger partial charge on any atom is 0.257 e. The van der Waals surface area contributed by atoms with Gasteiger partial charge in [0.15, 0.2) is 11.0 Å². The Morgan fingerprint density at radius 3 is 2.81 bits per heavy atom. The van der Waals surface area contributed by atoms with Crippen LogP contribution < -0.4 is 10.1 Å². The average Bonchev–Trinajstić information content (AvgIpc) is 3.43. The van der Waals surface area contributed by atoms with Gasteiger partial charge in [-0.15, -0.1) is 16.4 Å². The summed E-state index contributed by atoms with van der Waals surface area (Å²) < 4.78 is 7.48. The summed E-state index contributed by atoms with van der Waals surface area (Å²) in [6.45, 7) is 4.18. The first-order chi connectivity index (χ1) is 15.0. The average molecular weight is 455 g/mol. The Hall–Kier alpha value is -3.30. The van der Waals surface area contributed by atoms with Crippen LogP contribution in [-0.2, 0) is 6.61 Å². The molecule has 0 aliphatic rings. The van der Waals surface area contributed by atoms with Crippen molar-refractivity contribution in [3.63, 3.8) is 0 Å². The Bertz CT molecular complexity index is 1190. The molecule has 0 spiro atoms. The number of rotatable bonds is 7. The Labute approximate surface area is 187 Å². The lowest BCUT2D eigenvalue weighted by atomic mass is 10.2. The lowest BCUT2D eigenvalue weighted by molar-refractivity contribution is 0.102. The van der Waals surface area contributed by atoms with E-state index in [4.69, 9.17) is 16.3 Å². The van der Waals surface area contributed by atoms with Crippen LogP contribution in [0.5, 0.6) is 5.75 Å². The smallest absolute Gasteiger partial charge is 0.257 e. The van der Waals surface area contributed by atoms with E-state index in [2.05, 4.69) is 25.8 Å². The molecule has 0 bridgehead atoms. The summed E-state index contributed by atoms with van der Waals surface area (Å²) in [5.41, 5.74) is 2.17. The molecule has 1 amide bonds. The second kappa shape index (κ2) is 9.23. The Kier molecular flexibility index (Phi) is 6.24. The SMILES string of the molecule is CC(C)n1nnnc1COc1cccc(C(=O)Nc2nc(-c3ccc(Cl)cc3)cs2)c1. The molecular formula is C21H19ClN6O2S. The van der Waals surface area contributed by atoms with Gasteiger partial charge in [0.05, 0.1) is 11.7 Å². The van der Waals surface area contributed by atoms with Crippen LogP contribution in [0, 0.1) is 0 Å². The van der Waals surface area contributed by atoms with E-state index >= 15 is 0 Å². The standard InChI is InChI=1S/C21H19ClN6O2S/c1-13(2)28-19(25-26-27-28)11-30-17-5-3-4-15(10-17)20(29)24-21-23-18(12-31-21)14-6-8-16(22)9-7-14/h3-10,12-13H,11H2,1-2H3,(H,23,24,29). The van der Waals surface area contributed by atoms with E-state index in [-0.39, 0.29) is 18.6 Å². The van der Waals surface area contributed by atoms with Crippen molar-refractivity contribution in [2.45, 2.75) is 26.5 Å². The van der Waals surface area contributed by atoms with Gasteiger partial charge in [-0.2, -0.15) is 0 Å². The molecule has 0 atom stereocenters. The van der Waals surface area contributed by atoms with Crippen LogP contribution in [-0.4, -0.2) is 31.1 Å². The molecule has 0 saturated carbocycles. The molecular weight excluding hydrogens is 436 g/mol. The van der Waals surface area contributed by atoms with Crippen molar-refractivity contribution in [3.8, 4) is 17.0 Å². The van der Waals surface area contributed by atoms with Gasteiger partial charge in [-0.25, -0.2) is 9.67 Å². The molecule has 0 aliphatic carbocycles. The fraction of sp³-hybridized carbons (Fsp3) is 0.190. The van der Waals surface area contributed by atoms with Gasteiger partial charge in [-0.3, -0.25) is 10.1 Å². The van der Waals surface area contributed by atoms with Crippen LogP contribution >= 0.6 is 22.9 Å². The summed E-state index contributed by atoms with van der Waals surface area (Å²) in [6, 6.07) is 14.4. The van der Waals surface area contributed by atoms with E-state index in [0.717, 1.165) is 11.3 Å². The second-order valence-electron chi connectivity index (χ2n) is 6.95. The van der Waals surface area contributed by atoms with Crippen molar-refractivity contribution in [1.82, 2.24) is 25.2 Å². The van der Waals surface area contributed by atoms with E-state index in [1.54, 1.807) is 41.1 Å². The minimum absolute atomic E-state index is 0.127. The third-order valence-electron chi connectivity index (χ3n) is 4.38. The summed E-state index contributed by atoms with van der Waals surface area (Å²) >= 11 is 7.29. The minimum Gasteiger partial charge on any atom is -0.486 e. The molecule has 31 heavy (non-hydrogen) atoms. The normalized spacial score (nSPS) is 11.0. The highest BCUT2D eigenvalue weighted by atomic mass is 35.5. The molecule has 8 nitrogen and oxygen atoms in total. The molecule has 2 aromatic heterocycles. The first-order valence-corrected chi connectivity index (χ1v) is 10.8. The molecule has 2 aromatic carbocycles. The highest BCUT2D eigenvalue weighted by Gasteiger charge is 2.13. The molecule has 10 heteroatoms. The number of nitrogens with one attached hydrogen (secondary N) is 1. The lowest BCUT2D eigenvalue weighted by Gasteiger charge is -2.10. The number of ether oxygens (including phenoxy) is 1. The minimum atomic E-state index is -0.269. The van der Waals surface area contributed by atoms with E-state index in [1.165, 1.54) is 11.3 Å². The highest BCUT2D eigenvalue weighted by Crippen LogP contribution is 2.26. The van der Waals surface area contributed by atoms with Crippen LogP contribution in [0.25, 0.3) is 11.3 Å². The molecule has 0 aliphatic heterocycles. The van der Waals surface area contributed by atoms with Crippen LogP contribution in [0.4, 0.5) is 5.13 Å². The quantitative estimate of drug-likeness (QED) is 0.428. The van der Waals surface area contributed by atoms with Crippen molar-refractivity contribution < 1.29 is 9.53 Å². The lowest BCUT2D eigenvalue weighted by Crippen LogP contribution is -2.12. The molecule has 0 radical (unpaired) electrons. The second-order valence-corrected chi connectivity index (χ2v) is 8.24. The zero-order chi connectivity index (χ0) is 21.8. The van der Waals surface area contributed by atoms with Crippen LogP contribution in [0.2, 0.25) is 5.02 Å². The van der Waals surface area contributed by atoms with Crippen molar-refractivity contribution in [2.24, 2.45) is 0 Å². The Morgan fingerprint density at radius 1 is 1.23 bits per heavy atom. The third-order valence-corrected chi connectivity index (χ3v) is 5.39.